The highest BCUT2D eigenvalue weighted by atomic mass is 16.4. The van der Waals surface area contributed by atoms with Crippen LogP contribution in [0.1, 0.15) is 25.8 Å². The van der Waals surface area contributed by atoms with Crippen LogP contribution >= 0.6 is 0 Å². The number of H-pyrrole nitrogens is 1. The SMILES string of the molecule is C[C@H](NC(=O)[C@@H](NC(=O)[C@H](CO)NC(=O)[C@H](CC(=O)O)NC(=O)[C@H](CO)NC(=O)[C@H](Cc1c[nH]c2ccccc12)NC(=O)[C@H](CO)NC(=O)[C@@H](N)CO)[C@@H](C)O)C(=O)O. The summed E-state index contributed by atoms with van der Waals surface area (Å²) in [7, 11) is 0. The molecule has 59 heavy (non-hydrogen) atoms. The average Bonchev–Trinajstić information content (AvgIpc) is 3.60. The first-order valence-corrected chi connectivity index (χ1v) is 17.8. The lowest BCUT2D eigenvalue weighted by Crippen LogP contribution is -2.62. The van der Waals surface area contributed by atoms with Crippen molar-refractivity contribution in [3.05, 3.63) is 36.0 Å². The standard InChI is InChI=1S/C34H49N9O16/c1-14(34(58)59)37-33(57)26(15(2)48)43-32(56)24(13-47)42-29(53)21(8-25(49)50)39-31(55)23(12-46)41-28(52)20(7-16-9-36-19-6-4-3-5-17(16)19)38-30(54)22(11-45)40-27(51)18(35)10-44/h3-6,9,14-15,18,20-24,26,36,44-48H,7-8,10-13,35H2,1-2H3,(H,37,57)(H,38,54)(H,39,55)(H,40,51)(H,41,52)(H,42,53)(H,43,56)(H,49,50)(H,58,59)/t14-,15+,18-,20-,21-,22-,23-,24-,26-/m0/s1. The molecule has 1 heterocycles. The summed E-state index contributed by atoms with van der Waals surface area (Å²) in [4.78, 5) is 117. The van der Waals surface area contributed by atoms with E-state index in [1.54, 1.807) is 24.3 Å². The Morgan fingerprint density at radius 1 is 0.610 bits per heavy atom. The van der Waals surface area contributed by atoms with Crippen molar-refractivity contribution in [2.24, 2.45) is 5.73 Å². The Morgan fingerprint density at radius 3 is 1.56 bits per heavy atom. The molecule has 25 heteroatoms. The van der Waals surface area contributed by atoms with Crippen molar-refractivity contribution in [1.29, 1.82) is 0 Å². The van der Waals surface area contributed by atoms with Gasteiger partial charge in [0.05, 0.1) is 39.0 Å². The zero-order valence-corrected chi connectivity index (χ0v) is 31.7. The number of carboxylic acids is 2. The summed E-state index contributed by atoms with van der Waals surface area (Å²) in [6, 6.07) is -7.04. The van der Waals surface area contributed by atoms with E-state index < -0.39 is 141 Å². The Labute approximate surface area is 334 Å². The number of amides is 7. The van der Waals surface area contributed by atoms with Crippen molar-refractivity contribution >= 4 is 64.2 Å². The van der Waals surface area contributed by atoms with Crippen molar-refractivity contribution in [3.8, 4) is 0 Å². The van der Waals surface area contributed by atoms with Crippen molar-refractivity contribution in [1.82, 2.24) is 42.2 Å². The zero-order valence-electron chi connectivity index (χ0n) is 31.7. The highest BCUT2D eigenvalue weighted by molar-refractivity contribution is 5.99. The summed E-state index contributed by atoms with van der Waals surface area (Å²) in [5.41, 5.74) is 6.57. The summed E-state index contributed by atoms with van der Waals surface area (Å²) < 4.78 is 0. The van der Waals surface area contributed by atoms with Gasteiger partial charge in [-0.1, -0.05) is 18.2 Å². The van der Waals surface area contributed by atoms with Crippen LogP contribution in [0.4, 0.5) is 0 Å². The van der Waals surface area contributed by atoms with Crippen molar-refractivity contribution in [3.63, 3.8) is 0 Å². The normalized spacial score (nSPS) is 15.7. The topological polar surface area (TPSA) is 421 Å². The van der Waals surface area contributed by atoms with Crippen molar-refractivity contribution in [2.75, 3.05) is 26.4 Å². The number of aliphatic carboxylic acids is 2. The number of aromatic nitrogens is 1. The molecule has 0 saturated heterocycles. The molecule has 17 N–H and O–H groups in total. The minimum absolute atomic E-state index is 0.283. The fourth-order valence-corrected chi connectivity index (χ4v) is 5.17. The van der Waals surface area contributed by atoms with Crippen molar-refractivity contribution in [2.45, 2.75) is 81.1 Å². The summed E-state index contributed by atoms with van der Waals surface area (Å²) in [6.45, 7) is -1.94. The first kappa shape index (κ1) is 48.9. The van der Waals surface area contributed by atoms with E-state index in [-0.39, 0.29) is 6.42 Å². The molecule has 1 aromatic carbocycles. The predicted octanol–water partition coefficient (Wildman–Crippen LogP) is -7.64. The number of aliphatic hydroxyl groups is 5. The number of hydrogen-bond acceptors (Lipinski definition) is 15. The molecule has 9 atom stereocenters. The van der Waals surface area contributed by atoms with E-state index >= 15 is 0 Å². The number of nitrogens with two attached hydrogens (primary N) is 1. The van der Waals surface area contributed by atoms with Crippen LogP contribution in [-0.4, -0.2) is 175 Å². The molecule has 25 nitrogen and oxygen atoms in total. The highest BCUT2D eigenvalue weighted by Crippen LogP contribution is 2.19. The Hall–Kier alpha value is -6.25. The molecule has 7 amide bonds. The van der Waals surface area contributed by atoms with Crippen LogP contribution in [0.25, 0.3) is 10.9 Å². The maximum atomic E-state index is 13.7. The molecular weight excluding hydrogens is 790 g/mol. The van der Waals surface area contributed by atoms with Gasteiger partial charge in [0.2, 0.25) is 41.4 Å². The van der Waals surface area contributed by atoms with Gasteiger partial charge in [0.25, 0.3) is 0 Å². The van der Waals surface area contributed by atoms with E-state index in [0.29, 0.717) is 16.5 Å². The smallest absolute Gasteiger partial charge is 0.325 e. The summed E-state index contributed by atoms with van der Waals surface area (Å²) in [5.74, 6) is -11.5. The second-order valence-corrected chi connectivity index (χ2v) is 13.1. The molecule has 0 bridgehead atoms. The largest absolute Gasteiger partial charge is 0.481 e. The molecule has 1 aromatic heterocycles. The number of nitrogens with one attached hydrogen (secondary N) is 8. The molecule has 2 rings (SSSR count). The van der Waals surface area contributed by atoms with Crippen LogP contribution in [0, 0.1) is 0 Å². The van der Waals surface area contributed by atoms with Gasteiger partial charge in [-0.2, -0.15) is 0 Å². The predicted molar refractivity (Wildman–Crippen MR) is 199 cm³/mol. The number of para-hydroxylation sites is 1. The van der Waals surface area contributed by atoms with Gasteiger partial charge in [0, 0.05) is 23.5 Å². The quantitative estimate of drug-likeness (QED) is 0.0467. The lowest BCUT2D eigenvalue weighted by Gasteiger charge is -2.27. The minimum Gasteiger partial charge on any atom is -0.481 e. The van der Waals surface area contributed by atoms with Gasteiger partial charge in [0.1, 0.15) is 48.3 Å². The Morgan fingerprint density at radius 2 is 1.07 bits per heavy atom. The van der Waals surface area contributed by atoms with E-state index in [1.807, 2.05) is 21.3 Å². The number of aliphatic hydroxyl groups excluding tert-OH is 5. The number of carbonyl (C=O) groups is 9. The van der Waals surface area contributed by atoms with Gasteiger partial charge in [0.15, 0.2) is 0 Å². The third kappa shape index (κ3) is 14.6. The maximum absolute atomic E-state index is 13.7. The molecule has 0 unspecified atom stereocenters. The summed E-state index contributed by atoms with van der Waals surface area (Å²) >= 11 is 0. The molecule has 0 aliphatic rings. The third-order valence-corrected chi connectivity index (χ3v) is 8.52. The van der Waals surface area contributed by atoms with Gasteiger partial charge in [-0.25, -0.2) is 0 Å². The number of carboxylic acid groups (broad SMARTS) is 2. The van der Waals surface area contributed by atoms with E-state index in [9.17, 15) is 68.7 Å². The van der Waals surface area contributed by atoms with Gasteiger partial charge in [-0.05, 0) is 25.5 Å². The molecular formula is C34H49N9O16. The maximum Gasteiger partial charge on any atom is 0.325 e. The fraction of sp³-hybridized carbons (Fsp3) is 0.500. The fourth-order valence-electron chi connectivity index (χ4n) is 5.17. The number of benzene rings is 1. The minimum atomic E-state index is -2.04. The highest BCUT2D eigenvalue weighted by Gasteiger charge is 2.35. The molecule has 0 saturated carbocycles. The second kappa shape index (κ2) is 23.2. The van der Waals surface area contributed by atoms with Crippen LogP contribution in [-0.2, 0) is 49.6 Å². The van der Waals surface area contributed by atoms with Gasteiger partial charge in [-0.3, -0.25) is 43.2 Å². The van der Waals surface area contributed by atoms with Crippen molar-refractivity contribution < 1.29 is 78.9 Å². The van der Waals surface area contributed by atoms with E-state index in [2.05, 4.69) is 20.9 Å². The van der Waals surface area contributed by atoms with Crippen LogP contribution < -0.4 is 43.0 Å². The van der Waals surface area contributed by atoms with Crippen LogP contribution in [0.5, 0.6) is 0 Å². The van der Waals surface area contributed by atoms with Crippen LogP contribution in [0.2, 0.25) is 0 Å². The Balaban J connectivity index is 2.29. The summed E-state index contributed by atoms with van der Waals surface area (Å²) in [6.07, 6.45) is -1.53. The van der Waals surface area contributed by atoms with Gasteiger partial charge in [-0.15, -0.1) is 0 Å². The number of aromatic amines is 1. The first-order chi connectivity index (χ1) is 27.8. The molecule has 0 spiro atoms. The first-order valence-electron chi connectivity index (χ1n) is 17.8. The number of carbonyl (C=O) groups excluding carboxylic acids is 7. The molecule has 2 aromatic rings. The van der Waals surface area contributed by atoms with E-state index in [1.165, 1.54) is 6.20 Å². The van der Waals surface area contributed by atoms with Gasteiger partial charge < -0.3 is 83.7 Å². The molecule has 0 radical (unpaired) electrons. The molecule has 0 aliphatic carbocycles. The second-order valence-electron chi connectivity index (χ2n) is 13.1. The monoisotopic (exact) mass is 839 g/mol. The van der Waals surface area contributed by atoms with Crippen LogP contribution in [0.15, 0.2) is 30.5 Å². The molecule has 0 fully saturated rings. The Bertz CT molecular complexity index is 1840. The van der Waals surface area contributed by atoms with E-state index in [0.717, 1.165) is 13.8 Å². The third-order valence-electron chi connectivity index (χ3n) is 8.52. The molecule has 326 valence electrons. The lowest BCUT2D eigenvalue weighted by atomic mass is 10.0. The number of rotatable bonds is 24. The van der Waals surface area contributed by atoms with Crippen LogP contribution in [0.3, 0.4) is 0 Å². The molecule has 0 aliphatic heterocycles. The Kier molecular flexibility index (Phi) is 19.3. The summed E-state index contributed by atoms with van der Waals surface area (Å²) in [5, 5.41) is 82.7. The van der Waals surface area contributed by atoms with E-state index in [4.69, 9.17) is 15.9 Å². The van der Waals surface area contributed by atoms with Gasteiger partial charge >= 0.3 is 11.9 Å². The lowest BCUT2D eigenvalue weighted by molar-refractivity contribution is -0.142. The number of fused-ring (bicyclic) bond motifs is 1. The zero-order chi connectivity index (χ0) is 44.6. The average molecular weight is 840 g/mol. The number of hydrogen-bond donors (Lipinski definition) is 16.